The van der Waals surface area contributed by atoms with E-state index in [1.807, 2.05) is 34.6 Å². The normalized spacial score (nSPS) is 17.0. The van der Waals surface area contributed by atoms with Crippen molar-refractivity contribution in [3.05, 3.63) is 0 Å². The van der Waals surface area contributed by atoms with Crippen molar-refractivity contribution in [2.45, 2.75) is 83.3 Å². The number of carbonyl (C=O) groups is 2. The number of carbonyl (C=O) groups excluding carboxylic acids is 1. The highest BCUT2D eigenvalue weighted by Crippen LogP contribution is 2.35. The van der Waals surface area contributed by atoms with Gasteiger partial charge in [0.05, 0.1) is 5.41 Å². The molecular formula is C18H34INO4. The number of ether oxygens (including phenoxy) is 1. The van der Waals surface area contributed by atoms with Crippen LogP contribution in [0.3, 0.4) is 0 Å². The van der Waals surface area contributed by atoms with Crippen LogP contribution in [0.5, 0.6) is 0 Å². The Morgan fingerprint density at radius 1 is 1.25 bits per heavy atom. The Morgan fingerprint density at radius 3 is 2.21 bits per heavy atom. The fourth-order valence-electron chi connectivity index (χ4n) is 2.99. The summed E-state index contributed by atoms with van der Waals surface area (Å²) in [5.41, 5.74) is -0.858. The van der Waals surface area contributed by atoms with E-state index in [4.69, 9.17) is 4.74 Å². The maximum absolute atomic E-state index is 12.8. The van der Waals surface area contributed by atoms with Gasteiger partial charge >= 0.3 is 11.9 Å². The minimum Gasteiger partial charge on any atom is -0.480 e. The first kappa shape index (κ1) is 23.6. The fourth-order valence-corrected chi connectivity index (χ4v) is 3.56. The first-order valence-electron chi connectivity index (χ1n) is 8.92. The van der Waals surface area contributed by atoms with E-state index in [1.54, 1.807) is 0 Å². The molecule has 0 saturated carbocycles. The lowest BCUT2D eigenvalue weighted by Gasteiger charge is -2.37. The zero-order valence-corrected chi connectivity index (χ0v) is 18.1. The molecule has 0 heterocycles. The Bertz CT molecular complexity index is 398. The van der Waals surface area contributed by atoms with Gasteiger partial charge in [0, 0.05) is 9.84 Å². The van der Waals surface area contributed by atoms with Crippen LogP contribution in [0.4, 0.5) is 0 Å². The highest BCUT2D eigenvalue weighted by Gasteiger charge is 2.45. The number of carboxylic acids is 1. The van der Waals surface area contributed by atoms with E-state index in [1.165, 1.54) is 0 Å². The van der Waals surface area contributed by atoms with Crippen LogP contribution < -0.4 is 5.32 Å². The molecule has 5 nitrogen and oxygen atoms in total. The molecule has 6 heteroatoms. The van der Waals surface area contributed by atoms with Gasteiger partial charge in [0.15, 0.2) is 0 Å². The number of hydrogen-bond acceptors (Lipinski definition) is 4. The van der Waals surface area contributed by atoms with E-state index in [-0.39, 0.29) is 18.0 Å². The minimum atomic E-state index is -0.913. The van der Waals surface area contributed by atoms with Crippen LogP contribution in [0, 0.1) is 11.3 Å². The van der Waals surface area contributed by atoms with Crippen molar-refractivity contribution in [1.82, 2.24) is 5.32 Å². The summed E-state index contributed by atoms with van der Waals surface area (Å²) >= 11 is 2.33. The van der Waals surface area contributed by atoms with E-state index in [9.17, 15) is 14.7 Å². The summed E-state index contributed by atoms with van der Waals surface area (Å²) in [4.78, 5) is 24.5. The number of likely N-dealkylation sites (N-methyl/N-ethyl adjacent to an activating group) is 1. The Labute approximate surface area is 160 Å². The first-order valence-corrected chi connectivity index (χ1v) is 10.2. The number of esters is 1. The third kappa shape index (κ3) is 7.25. The monoisotopic (exact) mass is 455 g/mol. The van der Waals surface area contributed by atoms with Gasteiger partial charge in [-0.1, -0.05) is 56.7 Å². The third-order valence-electron chi connectivity index (χ3n) is 4.46. The first-order chi connectivity index (χ1) is 11.1. The highest BCUT2D eigenvalue weighted by atomic mass is 127. The molecule has 2 N–H and O–H groups in total. The standard InChI is InChI=1S/C18H34INO4/c1-7-10-14(15(16(21)22)20-9-3)18(5,6)17(23)24-13(8-2)11-12(4)19/h12-15,20H,7-11H2,1-6H3,(H,21,22). The molecule has 0 aromatic carbocycles. The second kappa shape index (κ2) is 11.3. The van der Waals surface area contributed by atoms with Crippen molar-refractivity contribution in [2.75, 3.05) is 6.54 Å². The summed E-state index contributed by atoms with van der Waals surface area (Å²) in [5, 5.41) is 12.6. The number of alkyl halides is 1. The van der Waals surface area contributed by atoms with Crippen molar-refractivity contribution in [3.63, 3.8) is 0 Å². The molecule has 0 fully saturated rings. The number of rotatable bonds is 12. The second-order valence-corrected chi connectivity index (χ2v) is 9.07. The molecule has 0 radical (unpaired) electrons. The molecule has 0 bridgehead atoms. The van der Waals surface area contributed by atoms with Gasteiger partial charge in [-0.3, -0.25) is 9.59 Å². The summed E-state index contributed by atoms with van der Waals surface area (Å²) in [6.45, 7) is 12.1. The van der Waals surface area contributed by atoms with Gasteiger partial charge in [0.25, 0.3) is 0 Å². The van der Waals surface area contributed by atoms with E-state index < -0.39 is 17.4 Å². The molecule has 0 spiro atoms. The number of carboxylic acid groups (broad SMARTS) is 1. The molecule has 4 unspecified atom stereocenters. The van der Waals surface area contributed by atoms with Crippen LogP contribution in [-0.4, -0.2) is 39.7 Å². The maximum atomic E-state index is 12.8. The SMILES string of the molecule is CCCC(C(NCC)C(=O)O)C(C)(C)C(=O)OC(CC)CC(C)I. The Balaban J connectivity index is 5.34. The highest BCUT2D eigenvalue weighted by molar-refractivity contribution is 14.1. The average Bonchev–Trinajstić information content (AvgIpc) is 2.48. The molecule has 0 aliphatic heterocycles. The molecule has 142 valence electrons. The average molecular weight is 455 g/mol. The van der Waals surface area contributed by atoms with E-state index in [2.05, 4.69) is 34.8 Å². The molecular weight excluding hydrogens is 421 g/mol. The fraction of sp³-hybridized carbons (Fsp3) is 0.889. The number of hydrogen-bond donors (Lipinski definition) is 2. The second-order valence-electron chi connectivity index (χ2n) is 6.94. The van der Waals surface area contributed by atoms with E-state index in [0.29, 0.717) is 16.9 Å². The summed E-state index contributed by atoms with van der Waals surface area (Å²) in [7, 11) is 0. The molecule has 4 atom stereocenters. The van der Waals surface area contributed by atoms with Gasteiger partial charge in [-0.15, -0.1) is 0 Å². The Kier molecular flexibility index (Phi) is 11.1. The number of aliphatic carboxylic acids is 1. The van der Waals surface area contributed by atoms with E-state index >= 15 is 0 Å². The van der Waals surface area contributed by atoms with Crippen LogP contribution in [0.15, 0.2) is 0 Å². The third-order valence-corrected chi connectivity index (χ3v) is 4.97. The topological polar surface area (TPSA) is 75.6 Å². The zero-order chi connectivity index (χ0) is 18.9. The van der Waals surface area contributed by atoms with Crippen LogP contribution in [-0.2, 0) is 14.3 Å². The van der Waals surface area contributed by atoms with Gasteiger partial charge in [-0.2, -0.15) is 0 Å². The molecule has 0 aromatic heterocycles. The van der Waals surface area contributed by atoms with Crippen molar-refractivity contribution in [2.24, 2.45) is 11.3 Å². The molecule has 0 rings (SSSR count). The lowest BCUT2D eigenvalue weighted by Crippen LogP contribution is -2.51. The van der Waals surface area contributed by atoms with Crippen molar-refractivity contribution in [1.29, 1.82) is 0 Å². The summed E-state index contributed by atoms with van der Waals surface area (Å²) in [6.07, 6.45) is 2.94. The lowest BCUT2D eigenvalue weighted by molar-refractivity contribution is -0.165. The molecule has 0 amide bonds. The van der Waals surface area contributed by atoms with Gasteiger partial charge < -0.3 is 15.2 Å². The van der Waals surface area contributed by atoms with Crippen molar-refractivity contribution < 1.29 is 19.4 Å². The summed E-state index contributed by atoms with van der Waals surface area (Å²) < 4.78 is 6.17. The summed E-state index contributed by atoms with van der Waals surface area (Å²) in [6, 6.07) is -0.749. The van der Waals surface area contributed by atoms with Gasteiger partial charge in [0.1, 0.15) is 12.1 Å². The van der Waals surface area contributed by atoms with E-state index in [0.717, 1.165) is 19.3 Å². The molecule has 24 heavy (non-hydrogen) atoms. The van der Waals surface area contributed by atoms with Crippen LogP contribution in [0.2, 0.25) is 0 Å². The Morgan fingerprint density at radius 2 is 1.83 bits per heavy atom. The summed E-state index contributed by atoms with van der Waals surface area (Å²) in [5.74, 6) is -1.53. The van der Waals surface area contributed by atoms with Gasteiger partial charge in [-0.25, -0.2) is 0 Å². The largest absolute Gasteiger partial charge is 0.480 e. The van der Waals surface area contributed by atoms with Crippen molar-refractivity contribution in [3.8, 4) is 0 Å². The van der Waals surface area contributed by atoms with Crippen LogP contribution in [0.25, 0.3) is 0 Å². The quantitative estimate of drug-likeness (QED) is 0.264. The molecule has 0 aliphatic carbocycles. The van der Waals surface area contributed by atoms with Gasteiger partial charge in [-0.05, 0) is 39.7 Å². The molecule has 0 saturated heterocycles. The van der Waals surface area contributed by atoms with Crippen molar-refractivity contribution >= 4 is 34.5 Å². The predicted octanol–water partition coefficient (Wildman–Crippen LogP) is 4.03. The number of halogens is 1. The predicted molar refractivity (Wildman–Crippen MR) is 106 cm³/mol. The van der Waals surface area contributed by atoms with Gasteiger partial charge in [0.2, 0.25) is 0 Å². The van der Waals surface area contributed by atoms with Crippen LogP contribution >= 0.6 is 22.6 Å². The lowest BCUT2D eigenvalue weighted by atomic mass is 9.72. The molecule has 0 aromatic rings. The maximum Gasteiger partial charge on any atom is 0.321 e. The smallest absolute Gasteiger partial charge is 0.321 e. The number of nitrogens with one attached hydrogen (secondary N) is 1. The minimum absolute atomic E-state index is 0.117. The Hall–Kier alpha value is -0.370. The molecule has 0 aliphatic rings. The van der Waals surface area contributed by atoms with Crippen LogP contribution in [0.1, 0.15) is 67.2 Å². The zero-order valence-electron chi connectivity index (χ0n) is 15.9.